The van der Waals surface area contributed by atoms with Crippen LogP contribution in [0, 0.1) is 26.6 Å². The topological polar surface area (TPSA) is 66.7 Å². The molecule has 1 aliphatic heterocycles. The average Bonchev–Trinajstić information content (AvgIpc) is 3.22. The van der Waals surface area contributed by atoms with Gasteiger partial charge in [0.15, 0.2) is 0 Å². The van der Waals surface area contributed by atoms with Crippen LogP contribution in [-0.4, -0.2) is 52.9 Å². The van der Waals surface area contributed by atoms with Gasteiger partial charge in [0, 0.05) is 41.8 Å². The van der Waals surface area contributed by atoms with Gasteiger partial charge in [-0.2, -0.15) is 0 Å². The van der Waals surface area contributed by atoms with E-state index in [-0.39, 0.29) is 24.1 Å². The van der Waals surface area contributed by atoms with Crippen molar-refractivity contribution >= 4 is 33.2 Å². The molecule has 1 saturated heterocycles. The number of carbonyl (C=O) groups excluding carboxylic acids is 2. The molecule has 0 unspecified atom stereocenters. The Morgan fingerprint density at radius 2 is 1.83 bits per heavy atom. The molecule has 1 fully saturated rings. The molecule has 0 spiro atoms. The number of aryl methyl sites for hydroxylation is 3. The predicted octanol–water partition coefficient (Wildman–Crippen LogP) is 3.48. The standard InChI is InChI=1S/C21H22FN3O3S/c1-12-19-16(22)5-4-6-17(19)29-20(12)21(27)25-9-7-24(8-10-25)18(26)11-15-13(2)23-28-14(15)3/h4-6H,7-11H2,1-3H3. The third-order valence-electron chi connectivity index (χ3n) is 5.53. The lowest BCUT2D eigenvalue weighted by molar-refractivity contribution is -0.131. The highest BCUT2D eigenvalue weighted by Gasteiger charge is 2.28. The van der Waals surface area contributed by atoms with Gasteiger partial charge in [-0.15, -0.1) is 11.3 Å². The molecule has 2 aromatic heterocycles. The molecule has 2 amide bonds. The molecule has 3 aromatic rings. The van der Waals surface area contributed by atoms with E-state index in [4.69, 9.17) is 4.52 Å². The molecule has 6 nitrogen and oxygen atoms in total. The largest absolute Gasteiger partial charge is 0.361 e. The molecular formula is C21H22FN3O3S. The molecule has 0 N–H and O–H groups in total. The molecule has 29 heavy (non-hydrogen) atoms. The molecule has 3 heterocycles. The van der Waals surface area contributed by atoms with Crippen molar-refractivity contribution in [1.82, 2.24) is 15.0 Å². The molecule has 4 rings (SSSR count). The monoisotopic (exact) mass is 415 g/mol. The van der Waals surface area contributed by atoms with Crippen LogP contribution in [0.1, 0.15) is 32.3 Å². The summed E-state index contributed by atoms with van der Waals surface area (Å²) in [6.45, 7) is 7.29. The van der Waals surface area contributed by atoms with Crippen molar-refractivity contribution in [3.8, 4) is 0 Å². The molecule has 1 aromatic carbocycles. The van der Waals surface area contributed by atoms with Crippen molar-refractivity contribution in [2.75, 3.05) is 26.2 Å². The van der Waals surface area contributed by atoms with Gasteiger partial charge in [-0.3, -0.25) is 9.59 Å². The summed E-state index contributed by atoms with van der Waals surface area (Å²) in [5.74, 6) is 0.273. The number of halogens is 1. The van der Waals surface area contributed by atoms with Gasteiger partial charge in [0.1, 0.15) is 11.6 Å². The number of aromatic nitrogens is 1. The second-order valence-electron chi connectivity index (χ2n) is 7.32. The number of fused-ring (bicyclic) bond motifs is 1. The Morgan fingerprint density at radius 3 is 2.45 bits per heavy atom. The fourth-order valence-corrected chi connectivity index (χ4v) is 4.97. The van der Waals surface area contributed by atoms with Gasteiger partial charge in [0.05, 0.1) is 17.0 Å². The van der Waals surface area contributed by atoms with E-state index in [1.54, 1.807) is 29.7 Å². The summed E-state index contributed by atoms with van der Waals surface area (Å²) in [5, 5.41) is 4.41. The summed E-state index contributed by atoms with van der Waals surface area (Å²) in [5.41, 5.74) is 2.25. The first kappa shape index (κ1) is 19.6. The van der Waals surface area contributed by atoms with Gasteiger partial charge < -0.3 is 14.3 Å². The Hall–Kier alpha value is -2.74. The number of benzene rings is 1. The van der Waals surface area contributed by atoms with Gasteiger partial charge >= 0.3 is 0 Å². The van der Waals surface area contributed by atoms with Crippen LogP contribution in [0.25, 0.3) is 10.1 Å². The van der Waals surface area contributed by atoms with Crippen molar-refractivity contribution in [3.63, 3.8) is 0 Å². The third-order valence-corrected chi connectivity index (χ3v) is 6.77. The minimum absolute atomic E-state index is 0.00612. The Balaban J connectivity index is 1.43. The van der Waals surface area contributed by atoms with Crippen LogP contribution in [0.3, 0.4) is 0 Å². The van der Waals surface area contributed by atoms with Crippen molar-refractivity contribution < 1.29 is 18.5 Å². The van der Waals surface area contributed by atoms with E-state index < -0.39 is 0 Å². The maximum atomic E-state index is 14.1. The summed E-state index contributed by atoms with van der Waals surface area (Å²) in [4.78, 5) is 29.7. The maximum Gasteiger partial charge on any atom is 0.264 e. The first-order chi connectivity index (χ1) is 13.9. The number of hydrogen-bond donors (Lipinski definition) is 0. The van der Waals surface area contributed by atoms with Crippen molar-refractivity contribution in [2.45, 2.75) is 27.2 Å². The fraction of sp³-hybridized carbons (Fsp3) is 0.381. The molecule has 0 aliphatic carbocycles. The number of amides is 2. The van der Waals surface area contributed by atoms with E-state index in [2.05, 4.69) is 5.16 Å². The zero-order valence-corrected chi connectivity index (χ0v) is 17.4. The van der Waals surface area contributed by atoms with E-state index >= 15 is 0 Å². The number of thiophene rings is 1. The summed E-state index contributed by atoms with van der Waals surface area (Å²) < 4.78 is 20.0. The van der Waals surface area contributed by atoms with Gasteiger partial charge in [0.25, 0.3) is 5.91 Å². The number of hydrogen-bond acceptors (Lipinski definition) is 5. The minimum Gasteiger partial charge on any atom is -0.361 e. The molecule has 8 heteroatoms. The third kappa shape index (κ3) is 3.53. The van der Waals surface area contributed by atoms with Crippen molar-refractivity contribution in [3.05, 3.63) is 51.5 Å². The van der Waals surface area contributed by atoms with E-state index in [9.17, 15) is 14.0 Å². The molecule has 1 aliphatic rings. The number of piperazine rings is 1. The number of rotatable bonds is 3. The molecular weight excluding hydrogens is 393 g/mol. The van der Waals surface area contributed by atoms with Crippen LogP contribution in [0.4, 0.5) is 4.39 Å². The van der Waals surface area contributed by atoms with E-state index in [1.165, 1.54) is 17.4 Å². The lowest BCUT2D eigenvalue weighted by Crippen LogP contribution is -2.51. The molecule has 0 atom stereocenters. The summed E-state index contributed by atoms with van der Waals surface area (Å²) in [6.07, 6.45) is 0.254. The van der Waals surface area contributed by atoms with Gasteiger partial charge in [0.2, 0.25) is 5.91 Å². The molecule has 0 saturated carbocycles. The van der Waals surface area contributed by atoms with E-state index in [1.807, 2.05) is 13.0 Å². The molecule has 152 valence electrons. The minimum atomic E-state index is -0.301. The highest BCUT2D eigenvalue weighted by molar-refractivity contribution is 7.21. The normalized spacial score (nSPS) is 14.6. The van der Waals surface area contributed by atoms with Crippen LogP contribution < -0.4 is 0 Å². The summed E-state index contributed by atoms with van der Waals surface area (Å²) in [6, 6.07) is 4.91. The smallest absolute Gasteiger partial charge is 0.264 e. The Bertz CT molecular complexity index is 1080. The van der Waals surface area contributed by atoms with Crippen molar-refractivity contribution in [1.29, 1.82) is 0 Å². The van der Waals surface area contributed by atoms with Crippen LogP contribution >= 0.6 is 11.3 Å². The van der Waals surface area contributed by atoms with Gasteiger partial charge in [-0.1, -0.05) is 11.2 Å². The maximum absolute atomic E-state index is 14.1. The predicted molar refractivity (Wildman–Crippen MR) is 109 cm³/mol. The second kappa shape index (κ2) is 7.59. The van der Waals surface area contributed by atoms with Crippen LogP contribution in [0.5, 0.6) is 0 Å². The molecule has 0 radical (unpaired) electrons. The lowest BCUT2D eigenvalue weighted by atomic mass is 10.1. The zero-order valence-electron chi connectivity index (χ0n) is 16.6. The first-order valence-electron chi connectivity index (χ1n) is 9.53. The lowest BCUT2D eigenvalue weighted by Gasteiger charge is -2.34. The van der Waals surface area contributed by atoms with Crippen LogP contribution in [0.15, 0.2) is 22.7 Å². The SMILES string of the molecule is Cc1noc(C)c1CC(=O)N1CCN(C(=O)c2sc3cccc(F)c3c2C)CC1. The van der Waals surface area contributed by atoms with Crippen LogP contribution in [-0.2, 0) is 11.2 Å². The fourth-order valence-electron chi connectivity index (χ4n) is 3.78. The second-order valence-corrected chi connectivity index (χ2v) is 8.37. The first-order valence-corrected chi connectivity index (χ1v) is 10.3. The Labute approximate surface area is 171 Å². The van der Waals surface area contributed by atoms with Crippen LogP contribution in [0.2, 0.25) is 0 Å². The average molecular weight is 415 g/mol. The van der Waals surface area contributed by atoms with E-state index in [0.29, 0.717) is 47.8 Å². The van der Waals surface area contributed by atoms with Crippen molar-refractivity contribution in [2.24, 2.45) is 0 Å². The highest BCUT2D eigenvalue weighted by Crippen LogP contribution is 2.33. The number of nitrogens with zero attached hydrogens (tertiary/aromatic N) is 3. The summed E-state index contributed by atoms with van der Waals surface area (Å²) >= 11 is 1.32. The molecule has 0 bridgehead atoms. The Kier molecular flexibility index (Phi) is 5.12. The summed E-state index contributed by atoms with van der Waals surface area (Å²) in [7, 11) is 0. The Morgan fingerprint density at radius 1 is 1.14 bits per heavy atom. The zero-order chi connectivity index (χ0) is 20.7. The highest BCUT2D eigenvalue weighted by atomic mass is 32.1. The van der Waals surface area contributed by atoms with E-state index in [0.717, 1.165) is 16.0 Å². The number of carbonyl (C=O) groups is 2. The van der Waals surface area contributed by atoms with Gasteiger partial charge in [-0.25, -0.2) is 4.39 Å². The quantitative estimate of drug-likeness (QED) is 0.657. The van der Waals surface area contributed by atoms with Gasteiger partial charge in [-0.05, 0) is 38.5 Å².